The fourth-order valence-electron chi connectivity index (χ4n) is 3.74. The molecule has 3 nitrogen and oxygen atoms in total. The van der Waals surface area contributed by atoms with Crippen molar-refractivity contribution in [3.8, 4) is 0 Å². The van der Waals surface area contributed by atoms with Crippen molar-refractivity contribution in [2.24, 2.45) is 17.8 Å². The number of amides is 1. The number of carbonyl (C=O) groups is 1. The highest BCUT2D eigenvalue weighted by atomic mass is 16.2. The summed E-state index contributed by atoms with van der Waals surface area (Å²) in [5.41, 5.74) is 0. The van der Waals surface area contributed by atoms with Gasteiger partial charge in [0.05, 0.1) is 12.2 Å². The van der Waals surface area contributed by atoms with Gasteiger partial charge in [-0.25, -0.2) is 0 Å². The molecular weight excluding hydrogens is 248 g/mol. The molecular formula is C17H32N2O. The van der Waals surface area contributed by atoms with E-state index in [2.05, 4.69) is 37.9 Å². The van der Waals surface area contributed by atoms with Crippen molar-refractivity contribution in [2.45, 2.75) is 78.4 Å². The molecule has 3 heteroatoms. The van der Waals surface area contributed by atoms with Crippen LogP contribution in [0, 0.1) is 17.8 Å². The van der Waals surface area contributed by atoms with Crippen LogP contribution in [0.2, 0.25) is 0 Å². The Morgan fingerprint density at radius 3 is 2.45 bits per heavy atom. The third kappa shape index (κ3) is 3.55. The maximum Gasteiger partial charge on any atom is 0.241 e. The molecule has 2 rings (SSSR count). The third-order valence-electron chi connectivity index (χ3n) is 5.24. The lowest BCUT2D eigenvalue weighted by atomic mass is 9.81. The Labute approximate surface area is 124 Å². The minimum absolute atomic E-state index is 0.0498. The summed E-state index contributed by atoms with van der Waals surface area (Å²) in [6.45, 7) is 9.82. The van der Waals surface area contributed by atoms with Gasteiger partial charge in [-0.3, -0.25) is 10.1 Å². The molecule has 2 aliphatic rings. The van der Waals surface area contributed by atoms with E-state index in [-0.39, 0.29) is 12.2 Å². The van der Waals surface area contributed by atoms with Gasteiger partial charge in [-0.2, -0.15) is 0 Å². The molecule has 1 saturated carbocycles. The lowest BCUT2D eigenvalue weighted by Gasteiger charge is -2.31. The smallest absolute Gasteiger partial charge is 0.241 e. The molecule has 1 amide bonds. The molecule has 1 N–H and O–H groups in total. The normalized spacial score (nSPS) is 35.0. The van der Waals surface area contributed by atoms with Crippen molar-refractivity contribution < 1.29 is 4.79 Å². The lowest BCUT2D eigenvalue weighted by Crippen LogP contribution is -2.42. The van der Waals surface area contributed by atoms with Gasteiger partial charge in [0, 0.05) is 6.54 Å². The highest BCUT2D eigenvalue weighted by Crippen LogP contribution is 2.31. The second-order valence-corrected chi connectivity index (χ2v) is 7.26. The summed E-state index contributed by atoms with van der Waals surface area (Å²) in [5, 5.41) is 3.51. The Morgan fingerprint density at radius 2 is 1.90 bits per heavy atom. The first-order chi connectivity index (χ1) is 9.52. The molecule has 1 aliphatic carbocycles. The molecule has 2 unspecified atom stereocenters. The first-order valence-electron chi connectivity index (χ1n) is 8.59. The van der Waals surface area contributed by atoms with Crippen LogP contribution in [0.15, 0.2) is 0 Å². The molecule has 0 aromatic heterocycles. The van der Waals surface area contributed by atoms with Crippen LogP contribution in [0.4, 0.5) is 0 Å². The summed E-state index contributed by atoms with van der Waals surface area (Å²) in [5.74, 6) is 2.57. The van der Waals surface area contributed by atoms with E-state index in [0.29, 0.717) is 11.8 Å². The molecule has 0 aromatic rings. The van der Waals surface area contributed by atoms with Crippen LogP contribution < -0.4 is 5.32 Å². The topological polar surface area (TPSA) is 32.3 Å². The Kier molecular flexibility index (Phi) is 5.48. The molecule has 2 atom stereocenters. The molecule has 0 radical (unpaired) electrons. The van der Waals surface area contributed by atoms with Crippen LogP contribution in [0.5, 0.6) is 0 Å². The second kappa shape index (κ2) is 6.93. The van der Waals surface area contributed by atoms with E-state index < -0.39 is 0 Å². The summed E-state index contributed by atoms with van der Waals surface area (Å²) < 4.78 is 0. The minimum atomic E-state index is 0.0498. The fourth-order valence-corrected chi connectivity index (χ4v) is 3.74. The van der Waals surface area contributed by atoms with Crippen molar-refractivity contribution in [1.29, 1.82) is 0 Å². The van der Waals surface area contributed by atoms with E-state index in [1.165, 1.54) is 32.1 Å². The number of rotatable bonds is 5. The predicted molar refractivity (Wildman–Crippen MR) is 83.3 cm³/mol. The summed E-state index contributed by atoms with van der Waals surface area (Å²) in [7, 11) is 0. The van der Waals surface area contributed by atoms with Gasteiger partial charge in [0.2, 0.25) is 5.91 Å². The Hall–Kier alpha value is -0.570. The van der Waals surface area contributed by atoms with Crippen molar-refractivity contribution in [3.05, 3.63) is 0 Å². The van der Waals surface area contributed by atoms with Gasteiger partial charge < -0.3 is 4.90 Å². The zero-order chi connectivity index (χ0) is 14.7. The summed E-state index contributed by atoms with van der Waals surface area (Å²) in [6, 6.07) is 0.0498. The van der Waals surface area contributed by atoms with E-state index >= 15 is 0 Å². The van der Waals surface area contributed by atoms with E-state index in [0.717, 1.165) is 24.8 Å². The molecule has 1 aliphatic heterocycles. The standard InChI is InChI=1S/C17H32N2O/c1-5-15-17(20)19(16(18-15)12(2)3)11-10-14-8-6-13(4)7-9-14/h12-16,18H,5-11H2,1-4H3. The van der Waals surface area contributed by atoms with Gasteiger partial charge in [0.15, 0.2) is 0 Å². The van der Waals surface area contributed by atoms with Crippen LogP contribution >= 0.6 is 0 Å². The van der Waals surface area contributed by atoms with Gasteiger partial charge in [0.1, 0.15) is 0 Å². The van der Waals surface area contributed by atoms with Gasteiger partial charge in [-0.1, -0.05) is 53.4 Å². The number of hydrogen-bond donors (Lipinski definition) is 1. The highest BCUT2D eigenvalue weighted by molar-refractivity contribution is 5.84. The third-order valence-corrected chi connectivity index (χ3v) is 5.24. The van der Waals surface area contributed by atoms with Gasteiger partial charge >= 0.3 is 0 Å². The van der Waals surface area contributed by atoms with E-state index in [4.69, 9.17) is 0 Å². The van der Waals surface area contributed by atoms with Gasteiger partial charge in [-0.05, 0) is 30.6 Å². The van der Waals surface area contributed by atoms with Crippen LogP contribution in [0.1, 0.15) is 66.2 Å². The first kappa shape index (κ1) is 15.8. The number of nitrogens with zero attached hydrogens (tertiary/aromatic N) is 1. The molecule has 1 heterocycles. The minimum Gasteiger partial charge on any atom is -0.326 e. The molecule has 0 aromatic carbocycles. The largest absolute Gasteiger partial charge is 0.326 e. The lowest BCUT2D eigenvalue weighted by molar-refractivity contribution is -0.130. The second-order valence-electron chi connectivity index (χ2n) is 7.26. The number of nitrogens with one attached hydrogen (secondary N) is 1. The molecule has 2 fully saturated rings. The quantitative estimate of drug-likeness (QED) is 0.837. The number of hydrogen-bond acceptors (Lipinski definition) is 2. The SMILES string of the molecule is CCC1NC(C(C)C)N(CCC2CCC(C)CC2)C1=O. The van der Waals surface area contributed by atoms with Crippen molar-refractivity contribution in [2.75, 3.05) is 6.54 Å². The van der Waals surface area contributed by atoms with E-state index in [9.17, 15) is 4.79 Å². The monoisotopic (exact) mass is 280 g/mol. The first-order valence-corrected chi connectivity index (χ1v) is 8.59. The van der Waals surface area contributed by atoms with E-state index in [1.807, 2.05) is 0 Å². The summed E-state index contributed by atoms with van der Waals surface area (Å²) in [4.78, 5) is 14.6. The van der Waals surface area contributed by atoms with Crippen molar-refractivity contribution in [1.82, 2.24) is 10.2 Å². The van der Waals surface area contributed by atoms with Crippen LogP contribution in [0.3, 0.4) is 0 Å². The summed E-state index contributed by atoms with van der Waals surface area (Å²) >= 11 is 0. The predicted octanol–water partition coefficient (Wildman–Crippen LogP) is 3.40. The number of carbonyl (C=O) groups excluding carboxylic acids is 1. The van der Waals surface area contributed by atoms with Crippen molar-refractivity contribution in [3.63, 3.8) is 0 Å². The Bertz CT molecular complexity index is 321. The molecule has 1 saturated heterocycles. The highest BCUT2D eigenvalue weighted by Gasteiger charge is 2.39. The molecule has 20 heavy (non-hydrogen) atoms. The molecule has 116 valence electrons. The average Bonchev–Trinajstić information content (AvgIpc) is 2.75. The van der Waals surface area contributed by atoms with Crippen LogP contribution in [-0.2, 0) is 4.79 Å². The fraction of sp³-hybridized carbons (Fsp3) is 0.941. The summed E-state index contributed by atoms with van der Waals surface area (Å²) in [6.07, 6.45) is 7.82. The Morgan fingerprint density at radius 1 is 1.25 bits per heavy atom. The average molecular weight is 280 g/mol. The maximum absolute atomic E-state index is 12.4. The van der Waals surface area contributed by atoms with Crippen molar-refractivity contribution >= 4 is 5.91 Å². The van der Waals surface area contributed by atoms with Crippen LogP contribution in [-0.4, -0.2) is 29.6 Å². The van der Waals surface area contributed by atoms with Gasteiger partial charge in [0.25, 0.3) is 0 Å². The van der Waals surface area contributed by atoms with Crippen LogP contribution in [0.25, 0.3) is 0 Å². The molecule has 0 bridgehead atoms. The zero-order valence-electron chi connectivity index (χ0n) is 13.7. The Balaban J connectivity index is 1.87. The van der Waals surface area contributed by atoms with E-state index in [1.54, 1.807) is 0 Å². The maximum atomic E-state index is 12.4. The van der Waals surface area contributed by atoms with Gasteiger partial charge in [-0.15, -0.1) is 0 Å². The zero-order valence-corrected chi connectivity index (χ0v) is 13.7. The molecule has 0 spiro atoms.